The lowest BCUT2D eigenvalue weighted by molar-refractivity contribution is -0.305. The third-order valence-corrected chi connectivity index (χ3v) is 5.01. The van der Waals surface area contributed by atoms with Crippen LogP contribution in [0.2, 0.25) is 0 Å². The summed E-state index contributed by atoms with van der Waals surface area (Å²) in [4.78, 5) is 31.2. The number of nitrogens with zero attached hydrogens (tertiary/aromatic N) is 1. The molecular weight excluding hydrogens is 322 g/mol. The van der Waals surface area contributed by atoms with Gasteiger partial charge in [0.15, 0.2) is 0 Å². The van der Waals surface area contributed by atoms with E-state index in [1.54, 1.807) is 13.8 Å². The summed E-state index contributed by atoms with van der Waals surface area (Å²) < 4.78 is 10.0. The SMILES string of the molecule is COC(=O)[C@@]1(C)CCC[C@](C)(C(=O)OC)N1OC(C)c1ccccc1. The van der Waals surface area contributed by atoms with Gasteiger partial charge in [0.2, 0.25) is 0 Å². The minimum Gasteiger partial charge on any atom is -0.468 e. The van der Waals surface area contributed by atoms with Crippen LogP contribution in [-0.2, 0) is 23.9 Å². The second kappa shape index (κ2) is 7.54. The Morgan fingerprint density at radius 3 is 1.92 bits per heavy atom. The molecule has 1 aliphatic rings. The van der Waals surface area contributed by atoms with Crippen molar-refractivity contribution >= 4 is 11.9 Å². The molecule has 0 aromatic heterocycles. The Balaban J connectivity index is 2.42. The van der Waals surface area contributed by atoms with Crippen LogP contribution in [0.15, 0.2) is 30.3 Å². The summed E-state index contributed by atoms with van der Waals surface area (Å²) in [6.07, 6.45) is 1.42. The van der Waals surface area contributed by atoms with Crippen LogP contribution in [0.4, 0.5) is 0 Å². The number of rotatable bonds is 5. The Morgan fingerprint density at radius 1 is 1.00 bits per heavy atom. The minimum atomic E-state index is -1.07. The Hall–Kier alpha value is -1.92. The first-order valence-corrected chi connectivity index (χ1v) is 8.48. The molecule has 6 nitrogen and oxygen atoms in total. The van der Waals surface area contributed by atoms with Gasteiger partial charge in [0.05, 0.1) is 14.2 Å². The van der Waals surface area contributed by atoms with Crippen LogP contribution < -0.4 is 0 Å². The Kier molecular flexibility index (Phi) is 5.85. The van der Waals surface area contributed by atoms with Gasteiger partial charge in [-0.3, -0.25) is 4.84 Å². The van der Waals surface area contributed by atoms with Crippen LogP contribution in [0.3, 0.4) is 0 Å². The van der Waals surface area contributed by atoms with Gasteiger partial charge >= 0.3 is 11.9 Å². The standard InChI is InChI=1S/C19H27NO5/c1-14(15-10-7-6-8-11-15)25-20-18(2,16(21)23-4)12-9-13-19(20,3)17(22)24-5/h6-8,10-11,14H,9,12-13H2,1-5H3/t14?,18-,19-/m1/s1. The predicted octanol–water partition coefficient (Wildman–Crippen LogP) is 3.03. The highest BCUT2D eigenvalue weighted by atomic mass is 16.7. The first kappa shape index (κ1) is 19.4. The van der Waals surface area contributed by atoms with E-state index in [1.807, 2.05) is 37.3 Å². The maximum absolute atomic E-state index is 12.5. The molecule has 1 aromatic carbocycles. The van der Waals surface area contributed by atoms with Crippen molar-refractivity contribution in [1.82, 2.24) is 5.06 Å². The molecule has 1 aliphatic heterocycles. The molecule has 1 fully saturated rings. The van der Waals surface area contributed by atoms with Crippen molar-refractivity contribution in [2.24, 2.45) is 0 Å². The van der Waals surface area contributed by atoms with E-state index in [9.17, 15) is 9.59 Å². The zero-order valence-corrected chi connectivity index (χ0v) is 15.6. The van der Waals surface area contributed by atoms with Gasteiger partial charge in [0.25, 0.3) is 0 Å². The van der Waals surface area contributed by atoms with Crippen LogP contribution >= 0.6 is 0 Å². The van der Waals surface area contributed by atoms with Gasteiger partial charge < -0.3 is 9.47 Å². The Labute approximate surface area is 149 Å². The fourth-order valence-electron chi connectivity index (χ4n) is 3.51. The van der Waals surface area contributed by atoms with E-state index >= 15 is 0 Å². The predicted molar refractivity (Wildman–Crippen MR) is 92.5 cm³/mol. The lowest BCUT2D eigenvalue weighted by Crippen LogP contribution is -2.67. The molecular formula is C19H27NO5. The summed E-state index contributed by atoms with van der Waals surface area (Å²) in [5.41, 5.74) is -1.19. The van der Waals surface area contributed by atoms with Gasteiger partial charge in [-0.25, -0.2) is 9.59 Å². The van der Waals surface area contributed by atoms with E-state index in [4.69, 9.17) is 14.3 Å². The van der Waals surface area contributed by atoms with E-state index in [0.29, 0.717) is 19.3 Å². The first-order chi connectivity index (χ1) is 11.8. The lowest BCUT2D eigenvalue weighted by atomic mass is 9.80. The molecule has 25 heavy (non-hydrogen) atoms. The number of methoxy groups -OCH3 is 2. The van der Waals surface area contributed by atoms with Gasteiger partial charge in [0, 0.05) is 0 Å². The van der Waals surface area contributed by atoms with Gasteiger partial charge in [-0.1, -0.05) is 30.3 Å². The monoisotopic (exact) mass is 349 g/mol. The van der Waals surface area contributed by atoms with Crippen LogP contribution in [-0.4, -0.2) is 42.3 Å². The number of hydrogen-bond acceptors (Lipinski definition) is 6. The fourth-order valence-corrected chi connectivity index (χ4v) is 3.51. The quantitative estimate of drug-likeness (QED) is 0.762. The smallest absolute Gasteiger partial charge is 0.328 e. The lowest BCUT2D eigenvalue weighted by Gasteiger charge is -2.51. The molecule has 2 rings (SSSR count). The van der Waals surface area contributed by atoms with E-state index in [0.717, 1.165) is 5.56 Å². The number of carbonyl (C=O) groups is 2. The summed E-state index contributed by atoms with van der Waals surface area (Å²) in [5, 5.41) is 1.50. The van der Waals surface area contributed by atoms with E-state index in [-0.39, 0.29) is 6.10 Å². The van der Waals surface area contributed by atoms with E-state index < -0.39 is 23.0 Å². The van der Waals surface area contributed by atoms with Crippen molar-refractivity contribution < 1.29 is 23.9 Å². The molecule has 1 heterocycles. The van der Waals surface area contributed by atoms with Crippen LogP contribution in [0.25, 0.3) is 0 Å². The van der Waals surface area contributed by atoms with Crippen LogP contribution in [0.1, 0.15) is 51.7 Å². The Bertz CT molecular complexity index is 590. The number of hydrogen-bond donors (Lipinski definition) is 0. The zero-order chi connectivity index (χ0) is 18.7. The third kappa shape index (κ3) is 3.55. The molecule has 6 heteroatoms. The highest BCUT2D eigenvalue weighted by molar-refractivity contribution is 5.85. The third-order valence-electron chi connectivity index (χ3n) is 5.01. The zero-order valence-electron chi connectivity index (χ0n) is 15.6. The summed E-state index contributed by atoms with van der Waals surface area (Å²) in [7, 11) is 2.69. The number of esters is 2. The topological polar surface area (TPSA) is 65.1 Å². The average molecular weight is 349 g/mol. The normalized spacial score (nSPS) is 28.2. The molecule has 1 unspecified atom stereocenters. The number of hydroxylamine groups is 2. The first-order valence-electron chi connectivity index (χ1n) is 8.48. The van der Waals surface area contributed by atoms with Crippen molar-refractivity contribution in [1.29, 1.82) is 0 Å². The molecule has 0 N–H and O–H groups in total. The minimum absolute atomic E-state index is 0.340. The highest BCUT2D eigenvalue weighted by Crippen LogP contribution is 2.42. The average Bonchev–Trinajstić information content (AvgIpc) is 2.63. The number of piperidine rings is 1. The molecule has 138 valence electrons. The molecule has 0 spiro atoms. The second-order valence-electron chi connectivity index (χ2n) is 6.84. The van der Waals surface area contributed by atoms with Gasteiger partial charge in [-0.15, -0.1) is 0 Å². The van der Waals surface area contributed by atoms with Crippen molar-refractivity contribution in [2.45, 2.75) is 57.2 Å². The van der Waals surface area contributed by atoms with Crippen molar-refractivity contribution in [3.8, 4) is 0 Å². The summed E-state index contributed by atoms with van der Waals surface area (Å²) >= 11 is 0. The van der Waals surface area contributed by atoms with Gasteiger partial charge in [-0.2, -0.15) is 5.06 Å². The van der Waals surface area contributed by atoms with Crippen LogP contribution in [0, 0.1) is 0 Å². The summed E-state index contributed by atoms with van der Waals surface area (Å²) in [6, 6.07) is 9.65. The van der Waals surface area contributed by atoms with Gasteiger partial charge in [0.1, 0.15) is 17.2 Å². The largest absolute Gasteiger partial charge is 0.468 e. The molecule has 0 amide bonds. The number of ether oxygens (including phenoxy) is 2. The number of carbonyl (C=O) groups excluding carboxylic acids is 2. The summed E-state index contributed by atoms with van der Waals surface area (Å²) in [6.45, 7) is 5.38. The fraction of sp³-hybridized carbons (Fsp3) is 0.579. The molecule has 0 saturated carbocycles. The highest BCUT2D eigenvalue weighted by Gasteiger charge is 2.57. The molecule has 1 aromatic rings. The van der Waals surface area contributed by atoms with Crippen molar-refractivity contribution in [2.75, 3.05) is 14.2 Å². The molecule has 0 aliphatic carbocycles. The van der Waals surface area contributed by atoms with Crippen molar-refractivity contribution in [3.05, 3.63) is 35.9 Å². The maximum Gasteiger partial charge on any atom is 0.328 e. The van der Waals surface area contributed by atoms with Crippen LogP contribution in [0.5, 0.6) is 0 Å². The maximum atomic E-state index is 12.5. The second-order valence-corrected chi connectivity index (χ2v) is 6.84. The molecule has 1 saturated heterocycles. The summed E-state index contributed by atoms with van der Waals surface area (Å²) in [5.74, 6) is -0.856. The number of benzene rings is 1. The van der Waals surface area contributed by atoms with E-state index in [2.05, 4.69) is 0 Å². The molecule has 0 bridgehead atoms. The van der Waals surface area contributed by atoms with E-state index in [1.165, 1.54) is 19.3 Å². The Morgan fingerprint density at radius 2 is 1.48 bits per heavy atom. The molecule has 0 radical (unpaired) electrons. The van der Waals surface area contributed by atoms with Crippen molar-refractivity contribution in [3.63, 3.8) is 0 Å². The molecule has 3 atom stereocenters. The van der Waals surface area contributed by atoms with Gasteiger partial charge in [-0.05, 0) is 45.6 Å².